The van der Waals surface area contributed by atoms with Gasteiger partial charge in [0, 0.05) is 5.39 Å². The molecule has 2 amide bonds. The first-order valence-corrected chi connectivity index (χ1v) is 5.90. The molecule has 0 radical (unpaired) electrons. The molecule has 21 heavy (non-hydrogen) atoms. The van der Waals surface area contributed by atoms with Crippen molar-refractivity contribution < 1.29 is 22.8 Å². The summed E-state index contributed by atoms with van der Waals surface area (Å²) in [4.78, 5) is 23.1. The molecule has 0 aliphatic rings. The van der Waals surface area contributed by atoms with Gasteiger partial charge in [-0.3, -0.25) is 14.7 Å². The minimum atomic E-state index is -4.48. The van der Waals surface area contributed by atoms with E-state index in [1.165, 1.54) is 12.3 Å². The molecule has 1 aromatic carbocycles. The Kier molecular flexibility index (Phi) is 4.10. The van der Waals surface area contributed by atoms with Crippen molar-refractivity contribution in [3.63, 3.8) is 0 Å². The van der Waals surface area contributed by atoms with Crippen molar-refractivity contribution in [2.45, 2.75) is 6.18 Å². The van der Waals surface area contributed by atoms with E-state index in [9.17, 15) is 22.8 Å². The number of amides is 2. The number of rotatable bonds is 4. The van der Waals surface area contributed by atoms with E-state index in [0.717, 1.165) is 0 Å². The van der Waals surface area contributed by atoms with Gasteiger partial charge in [-0.05, 0) is 12.1 Å². The van der Waals surface area contributed by atoms with Crippen LogP contribution in [0.2, 0.25) is 0 Å². The third-order valence-corrected chi connectivity index (χ3v) is 2.62. The number of alkyl halides is 3. The van der Waals surface area contributed by atoms with Crippen molar-refractivity contribution in [1.82, 2.24) is 20.8 Å². The number of hydrogen-bond acceptors (Lipinski definition) is 3. The number of aromatic amines is 1. The number of nitrogens with zero attached hydrogens (tertiary/aromatic N) is 1. The molecule has 0 bridgehead atoms. The van der Waals surface area contributed by atoms with Crippen LogP contribution in [0.1, 0.15) is 10.4 Å². The maximum Gasteiger partial charge on any atom is 0.405 e. The summed E-state index contributed by atoms with van der Waals surface area (Å²) in [6.07, 6.45) is -3.03. The molecule has 3 N–H and O–H groups in total. The molecule has 0 spiro atoms. The Balaban J connectivity index is 1.93. The lowest BCUT2D eigenvalue weighted by molar-refractivity contribution is -0.137. The number of halogens is 3. The van der Waals surface area contributed by atoms with E-state index in [-0.39, 0.29) is 5.56 Å². The molecule has 1 aromatic heterocycles. The van der Waals surface area contributed by atoms with Crippen molar-refractivity contribution in [2.24, 2.45) is 0 Å². The van der Waals surface area contributed by atoms with E-state index >= 15 is 0 Å². The molecular formula is C12H11F3N4O2. The molecule has 2 rings (SSSR count). The fourth-order valence-corrected chi connectivity index (χ4v) is 1.68. The van der Waals surface area contributed by atoms with Gasteiger partial charge in [-0.15, -0.1) is 0 Å². The Morgan fingerprint density at radius 3 is 2.71 bits per heavy atom. The summed E-state index contributed by atoms with van der Waals surface area (Å²) in [7, 11) is 0. The van der Waals surface area contributed by atoms with Gasteiger partial charge in [-0.2, -0.15) is 18.3 Å². The highest BCUT2D eigenvalue weighted by Crippen LogP contribution is 2.15. The summed E-state index contributed by atoms with van der Waals surface area (Å²) in [5.74, 6) is -1.48. The van der Waals surface area contributed by atoms with Crippen molar-refractivity contribution >= 4 is 22.7 Å². The Bertz CT molecular complexity index is 666. The van der Waals surface area contributed by atoms with E-state index in [2.05, 4.69) is 15.5 Å². The van der Waals surface area contributed by atoms with Crippen LogP contribution in [0.5, 0.6) is 0 Å². The summed E-state index contributed by atoms with van der Waals surface area (Å²) in [6.45, 7) is -1.97. The number of nitrogens with one attached hydrogen (secondary N) is 3. The van der Waals surface area contributed by atoms with Crippen molar-refractivity contribution in [2.75, 3.05) is 13.1 Å². The molecule has 0 fully saturated rings. The number of carbonyl (C=O) groups excluding carboxylic acids is 2. The van der Waals surface area contributed by atoms with Crippen LogP contribution in [-0.2, 0) is 4.79 Å². The molecule has 0 saturated heterocycles. The SMILES string of the molecule is O=C(CNC(=O)c1cccc2[nH]ncc12)NCC(F)(F)F. The molecule has 1 heterocycles. The van der Waals surface area contributed by atoms with E-state index in [1.54, 1.807) is 17.4 Å². The van der Waals surface area contributed by atoms with E-state index in [4.69, 9.17) is 0 Å². The fourth-order valence-electron chi connectivity index (χ4n) is 1.68. The third kappa shape index (κ3) is 3.94. The smallest absolute Gasteiger partial charge is 0.345 e. The fraction of sp³-hybridized carbons (Fsp3) is 0.250. The number of benzene rings is 1. The molecular weight excluding hydrogens is 289 g/mol. The van der Waals surface area contributed by atoms with Crippen molar-refractivity contribution in [1.29, 1.82) is 0 Å². The third-order valence-electron chi connectivity index (χ3n) is 2.62. The number of aromatic nitrogens is 2. The number of hydrogen-bond donors (Lipinski definition) is 3. The van der Waals surface area contributed by atoms with Crippen LogP contribution in [0.3, 0.4) is 0 Å². The minimum absolute atomic E-state index is 0.282. The van der Waals surface area contributed by atoms with Crippen LogP contribution in [-0.4, -0.2) is 41.3 Å². The summed E-state index contributed by atoms with van der Waals surface area (Å²) in [6, 6.07) is 4.87. The zero-order valence-electron chi connectivity index (χ0n) is 10.6. The van der Waals surface area contributed by atoms with E-state index in [1.807, 2.05) is 0 Å². The van der Waals surface area contributed by atoms with Crippen LogP contribution < -0.4 is 10.6 Å². The predicted molar refractivity (Wildman–Crippen MR) is 67.5 cm³/mol. The van der Waals surface area contributed by atoms with Gasteiger partial charge < -0.3 is 10.6 Å². The zero-order valence-corrected chi connectivity index (χ0v) is 10.6. The van der Waals surface area contributed by atoms with Crippen LogP contribution in [0.25, 0.3) is 10.9 Å². The summed E-state index contributed by atoms with van der Waals surface area (Å²) in [5, 5.41) is 11.0. The molecule has 0 aliphatic carbocycles. The molecule has 0 atom stereocenters. The molecule has 112 valence electrons. The van der Waals surface area contributed by atoms with Gasteiger partial charge in [0.1, 0.15) is 6.54 Å². The lowest BCUT2D eigenvalue weighted by Crippen LogP contribution is -2.40. The molecule has 2 aromatic rings. The van der Waals surface area contributed by atoms with Crippen molar-refractivity contribution in [3.8, 4) is 0 Å². The summed E-state index contributed by atoms with van der Waals surface area (Å²) >= 11 is 0. The molecule has 9 heteroatoms. The van der Waals surface area contributed by atoms with Gasteiger partial charge in [-0.25, -0.2) is 0 Å². The second-order valence-corrected chi connectivity index (χ2v) is 4.21. The predicted octanol–water partition coefficient (Wildman–Crippen LogP) is 0.971. The quantitative estimate of drug-likeness (QED) is 0.786. The highest BCUT2D eigenvalue weighted by molar-refractivity contribution is 6.06. The van der Waals surface area contributed by atoms with Gasteiger partial charge in [0.15, 0.2) is 0 Å². The highest BCUT2D eigenvalue weighted by Gasteiger charge is 2.27. The van der Waals surface area contributed by atoms with Gasteiger partial charge in [0.05, 0.1) is 23.8 Å². The monoisotopic (exact) mass is 300 g/mol. The normalized spacial score (nSPS) is 11.4. The zero-order chi connectivity index (χ0) is 15.5. The molecule has 0 saturated carbocycles. The van der Waals surface area contributed by atoms with Crippen LogP contribution in [0.4, 0.5) is 13.2 Å². The highest BCUT2D eigenvalue weighted by atomic mass is 19.4. The maximum absolute atomic E-state index is 11.9. The minimum Gasteiger partial charge on any atom is -0.345 e. The summed E-state index contributed by atoms with van der Waals surface area (Å²) < 4.78 is 35.7. The maximum atomic E-state index is 11.9. The van der Waals surface area contributed by atoms with Gasteiger partial charge in [-0.1, -0.05) is 6.07 Å². The van der Waals surface area contributed by atoms with Crippen LogP contribution in [0.15, 0.2) is 24.4 Å². The molecule has 6 nitrogen and oxygen atoms in total. The van der Waals surface area contributed by atoms with Crippen LogP contribution >= 0.6 is 0 Å². The lowest BCUT2D eigenvalue weighted by Gasteiger charge is -2.09. The number of H-pyrrole nitrogens is 1. The first-order chi connectivity index (χ1) is 9.87. The van der Waals surface area contributed by atoms with Gasteiger partial charge >= 0.3 is 6.18 Å². The van der Waals surface area contributed by atoms with E-state index < -0.39 is 31.1 Å². The average Bonchev–Trinajstić information content (AvgIpc) is 2.89. The first kappa shape index (κ1) is 14.8. The lowest BCUT2D eigenvalue weighted by atomic mass is 10.1. The topological polar surface area (TPSA) is 86.9 Å². The Labute approximate surface area is 116 Å². The summed E-state index contributed by atoms with van der Waals surface area (Å²) in [5.41, 5.74) is 0.925. The number of carbonyl (C=O) groups is 2. The Morgan fingerprint density at radius 2 is 2.00 bits per heavy atom. The number of fused-ring (bicyclic) bond motifs is 1. The largest absolute Gasteiger partial charge is 0.405 e. The molecule has 0 unspecified atom stereocenters. The standard InChI is InChI=1S/C12H11F3N4O2/c13-12(14,15)6-17-10(20)5-16-11(21)7-2-1-3-9-8(7)4-18-19-9/h1-4H,5-6H2,(H,16,21)(H,17,20)(H,18,19). The van der Waals surface area contributed by atoms with E-state index in [0.29, 0.717) is 10.9 Å². The second kappa shape index (κ2) is 5.81. The van der Waals surface area contributed by atoms with Crippen LogP contribution in [0, 0.1) is 0 Å². The second-order valence-electron chi connectivity index (χ2n) is 4.21. The average molecular weight is 300 g/mol. The van der Waals surface area contributed by atoms with Gasteiger partial charge in [0.2, 0.25) is 5.91 Å². The first-order valence-electron chi connectivity index (χ1n) is 5.90. The molecule has 0 aliphatic heterocycles. The van der Waals surface area contributed by atoms with Crippen molar-refractivity contribution in [3.05, 3.63) is 30.0 Å². The Morgan fingerprint density at radius 1 is 1.24 bits per heavy atom. The Hall–Kier alpha value is -2.58. The van der Waals surface area contributed by atoms with Gasteiger partial charge in [0.25, 0.3) is 5.91 Å².